The van der Waals surface area contributed by atoms with E-state index in [2.05, 4.69) is 51.2 Å². The molecule has 0 radical (unpaired) electrons. The van der Waals surface area contributed by atoms with Crippen LogP contribution in [0.25, 0.3) is 11.0 Å². The van der Waals surface area contributed by atoms with Gasteiger partial charge in [-0.05, 0) is 37.7 Å². The molecule has 0 saturated carbocycles. The van der Waals surface area contributed by atoms with Crippen molar-refractivity contribution in [1.82, 2.24) is 19.9 Å². The predicted octanol–water partition coefficient (Wildman–Crippen LogP) is 3.93. The molecular formula is C24H28MgN4O2S. The van der Waals surface area contributed by atoms with Crippen LogP contribution in [0.4, 0.5) is 0 Å². The van der Waals surface area contributed by atoms with Gasteiger partial charge in [0.15, 0.2) is 5.16 Å². The Morgan fingerprint density at radius 1 is 1.09 bits per heavy atom. The summed E-state index contributed by atoms with van der Waals surface area (Å²) in [5, 5.41) is 0.469. The van der Waals surface area contributed by atoms with E-state index < -0.39 is 10.8 Å². The Kier molecular flexibility index (Phi) is 8.80. The van der Waals surface area contributed by atoms with Crippen LogP contribution in [0, 0.1) is 6.92 Å². The largest absolute Gasteiger partial charge is 2.00 e. The number of fused-ring (bicyclic) bond motifs is 1. The number of aromatic amines is 1. The molecule has 1 atom stereocenters. The van der Waals surface area contributed by atoms with Crippen molar-refractivity contribution < 1.29 is 11.8 Å². The first kappa shape index (κ1) is 24.4. The second kappa shape index (κ2) is 11.6. The second-order valence-electron chi connectivity index (χ2n) is 7.50. The van der Waals surface area contributed by atoms with Gasteiger partial charge in [-0.3, -0.25) is 14.1 Å². The molecule has 0 fully saturated rings. The SMILES string of the molecule is Cc1c(OCCN(C)Cc2ccccc2)ccnc1CS(=O)c1nc2ccccc2[nH]1.[H-].[H-].[Mg+2]. The fourth-order valence-corrected chi connectivity index (χ4v) is 4.48. The van der Waals surface area contributed by atoms with Crippen LogP contribution in [0.3, 0.4) is 0 Å². The van der Waals surface area contributed by atoms with Crippen molar-refractivity contribution in [2.24, 2.45) is 0 Å². The molecule has 0 aliphatic carbocycles. The zero-order valence-electron chi connectivity index (χ0n) is 20.5. The molecule has 32 heavy (non-hydrogen) atoms. The summed E-state index contributed by atoms with van der Waals surface area (Å²) in [6.07, 6.45) is 1.71. The predicted molar refractivity (Wildman–Crippen MR) is 131 cm³/mol. The average Bonchev–Trinajstić information content (AvgIpc) is 3.21. The van der Waals surface area contributed by atoms with Crippen molar-refractivity contribution in [3.8, 4) is 5.75 Å². The Hall–Kier alpha value is -2.26. The Labute approximate surface area is 210 Å². The summed E-state index contributed by atoms with van der Waals surface area (Å²) in [6.45, 7) is 4.21. The van der Waals surface area contributed by atoms with E-state index >= 15 is 0 Å². The molecule has 8 heteroatoms. The Morgan fingerprint density at radius 3 is 2.62 bits per heavy atom. The van der Waals surface area contributed by atoms with Crippen molar-refractivity contribution >= 4 is 44.9 Å². The summed E-state index contributed by atoms with van der Waals surface area (Å²) in [4.78, 5) is 14.2. The molecule has 2 aromatic carbocycles. The van der Waals surface area contributed by atoms with Crippen LogP contribution in [0.2, 0.25) is 0 Å². The van der Waals surface area contributed by atoms with Gasteiger partial charge < -0.3 is 12.6 Å². The molecule has 4 aromatic rings. The quantitative estimate of drug-likeness (QED) is 0.383. The number of H-pyrrole nitrogens is 1. The molecule has 2 heterocycles. The number of hydrogen-bond donors (Lipinski definition) is 1. The number of ether oxygens (including phenoxy) is 1. The summed E-state index contributed by atoms with van der Waals surface area (Å²) in [5.41, 5.74) is 4.64. The van der Waals surface area contributed by atoms with Gasteiger partial charge in [0.1, 0.15) is 12.4 Å². The van der Waals surface area contributed by atoms with Crippen LogP contribution in [0.1, 0.15) is 19.7 Å². The number of para-hydroxylation sites is 2. The van der Waals surface area contributed by atoms with Crippen LogP contribution in [-0.2, 0) is 23.1 Å². The smallest absolute Gasteiger partial charge is 1.00 e. The van der Waals surface area contributed by atoms with E-state index in [-0.39, 0.29) is 31.7 Å². The monoisotopic (exact) mass is 460 g/mol. The third-order valence-electron chi connectivity index (χ3n) is 5.14. The molecule has 2 aromatic heterocycles. The molecule has 4 rings (SSSR count). The van der Waals surface area contributed by atoms with Crippen LogP contribution in [0.5, 0.6) is 5.75 Å². The number of imidazole rings is 1. The average molecular weight is 461 g/mol. The standard InChI is InChI=1S/C24H26N4O2S.Mg.2H/c1-18-22(17-31(29)24-26-20-10-6-7-11-21(20)27-24)25-13-12-23(18)30-15-14-28(2)16-19-8-4-3-5-9-19;;;/h3-13H,14-17H2,1-2H3,(H,26,27);;;/q;+2;2*-1. The maximum atomic E-state index is 12.9. The first-order valence-electron chi connectivity index (χ1n) is 10.2. The molecule has 0 bridgehead atoms. The van der Waals surface area contributed by atoms with E-state index in [0.717, 1.165) is 41.1 Å². The molecule has 0 spiro atoms. The number of nitrogens with zero attached hydrogens (tertiary/aromatic N) is 3. The van der Waals surface area contributed by atoms with Gasteiger partial charge in [0.25, 0.3) is 0 Å². The van der Waals surface area contributed by atoms with E-state index in [9.17, 15) is 4.21 Å². The maximum absolute atomic E-state index is 12.9. The van der Waals surface area contributed by atoms with Crippen molar-refractivity contribution in [2.75, 3.05) is 20.2 Å². The Bertz CT molecular complexity index is 1160. The number of benzene rings is 2. The van der Waals surface area contributed by atoms with Gasteiger partial charge in [-0.1, -0.05) is 42.5 Å². The summed E-state index contributed by atoms with van der Waals surface area (Å²) in [6, 6.07) is 19.9. The Balaban J connectivity index is 0.00000193. The number of nitrogens with one attached hydrogen (secondary N) is 1. The first-order valence-corrected chi connectivity index (χ1v) is 11.5. The van der Waals surface area contributed by atoms with Gasteiger partial charge in [-0.25, -0.2) is 4.98 Å². The van der Waals surface area contributed by atoms with Crippen LogP contribution in [0.15, 0.2) is 72.0 Å². The maximum Gasteiger partial charge on any atom is 2.00 e. The minimum Gasteiger partial charge on any atom is -1.00 e. The van der Waals surface area contributed by atoms with Crippen molar-refractivity contribution in [1.29, 1.82) is 0 Å². The van der Waals surface area contributed by atoms with Gasteiger partial charge in [0.05, 0.1) is 33.3 Å². The van der Waals surface area contributed by atoms with E-state index in [1.807, 2.05) is 43.3 Å². The summed E-state index contributed by atoms with van der Waals surface area (Å²) in [7, 11) is 0.767. The van der Waals surface area contributed by atoms with Crippen molar-refractivity contribution in [2.45, 2.75) is 24.4 Å². The fraction of sp³-hybridized carbons (Fsp3) is 0.250. The normalized spacial score (nSPS) is 12.0. The van der Waals surface area contributed by atoms with Crippen LogP contribution >= 0.6 is 0 Å². The fourth-order valence-electron chi connectivity index (χ4n) is 3.38. The minimum absolute atomic E-state index is 0. The zero-order chi connectivity index (χ0) is 21.6. The van der Waals surface area contributed by atoms with Crippen LogP contribution < -0.4 is 4.74 Å². The Morgan fingerprint density at radius 2 is 1.84 bits per heavy atom. The second-order valence-corrected chi connectivity index (χ2v) is 8.87. The molecule has 1 unspecified atom stereocenters. The number of aromatic nitrogens is 3. The van der Waals surface area contributed by atoms with Gasteiger partial charge in [-0.15, -0.1) is 0 Å². The molecule has 0 aliphatic heterocycles. The number of hydrogen-bond acceptors (Lipinski definition) is 5. The molecule has 1 N–H and O–H groups in total. The summed E-state index contributed by atoms with van der Waals surface area (Å²) in [5.74, 6) is 1.07. The molecule has 0 aliphatic rings. The van der Waals surface area contributed by atoms with E-state index in [0.29, 0.717) is 11.8 Å². The molecule has 164 valence electrons. The zero-order valence-corrected chi connectivity index (χ0v) is 20.7. The molecular weight excluding hydrogens is 433 g/mol. The summed E-state index contributed by atoms with van der Waals surface area (Å²) < 4.78 is 18.9. The van der Waals surface area contributed by atoms with E-state index in [1.54, 1.807) is 6.20 Å². The van der Waals surface area contributed by atoms with Crippen LogP contribution in [-0.4, -0.2) is 67.3 Å². The van der Waals surface area contributed by atoms with Crippen molar-refractivity contribution in [3.63, 3.8) is 0 Å². The third kappa shape index (κ3) is 6.16. The van der Waals surface area contributed by atoms with Gasteiger partial charge in [-0.2, -0.15) is 0 Å². The van der Waals surface area contributed by atoms with Crippen molar-refractivity contribution in [3.05, 3.63) is 83.7 Å². The number of rotatable bonds is 9. The topological polar surface area (TPSA) is 71.1 Å². The molecule has 0 saturated heterocycles. The van der Waals surface area contributed by atoms with E-state index in [1.165, 1.54) is 5.56 Å². The van der Waals surface area contributed by atoms with Gasteiger partial charge >= 0.3 is 23.1 Å². The third-order valence-corrected chi connectivity index (χ3v) is 6.30. The first-order chi connectivity index (χ1) is 15.1. The van der Waals surface area contributed by atoms with E-state index in [4.69, 9.17) is 4.74 Å². The molecule has 0 amide bonds. The number of likely N-dealkylation sites (N-methyl/N-ethyl adjacent to an activating group) is 1. The minimum atomic E-state index is -1.31. The van der Waals surface area contributed by atoms with Gasteiger partial charge in [0, 0.05) is 24.8 Å². The summed E-state index contributed by atoms with van der Waals surface area (Å²) >= 11 is 0. The van der Waals surface area contributed by atoms with Gasteiger partial charge in [0.2, 0.25) is 0 Å². The number of pyridine rings is 1. The molecule has 6 nitrogen and oxygen atoms in total.